The first-order valence-electron chi connectivity index (χ1n) is 2.69. The Bertz CT molecular complexity index is 239. The molecule has 0 amide bonds. The summed E-state index contributed by atoms with van der Waals surface area (Å²) in [6, 6.07) is 0. The van der Waals surface area contributed by atoms with Crippen molar-refractivity contribution < 1.29 is 17.6 Å². The van der Waals surface area contributed by atoms with Crippen LogP contribution in [0.1, 0.15) is 5.56 Å². The van der Waals surface area contributed by atoms with Crippen molar-refractivity contribution in [3.63, 3.8) is 0 Å². The molecule has 0 spiro atoms. The largest absolute Gasteiger partial charge is 0.419 e. The quantitative estimate of drug-likeness (QED) is 0.585. The fourth-order valence-corrected chi connectivity index (χ4v) is 0.575. The molecule has 1 heterocycles. The van der Waals surface area contributed by atoms with E-state index in [1.54, 1.807) is 0 Å². The lowest BCUT2D eigenvalue weighted by Crippen LogP contribution is -2.02. The average molecular weight is 168 g/mol. The molecule has 0 bridgehead atoms. The van der Waals surface area contributed by atoms with Gasteiger partial charge >= 0.3 is 6.18 Å². The lowest BCUT2D eigenvalue weighted by Gasteiger charge is -1.99. The molecule has 0 saturated carbocycles. The molecule has 0 saturated heterocycles. The van der Waals surface area contributed by atoms with E-state index in [0.29, 0.717) is 17.1 Å². The van der Waals surface area contributed by atoms with Gasteiger partial charge < -0.3 is 0 Å². The van der Waals surface area contributed by atoms with E-state index < -0.39 is 18.5 Å². The summed E-state index contributed by atoms with van der Waals surface area (Å²) in [5, 5.41) is 3.12. The van der Waals surface area contributed by atoms with Gasteiger partial charge in [-0.1, -0.05) is 0 Å². The van der Waals surface area contributed by atoms with Gasteiger partial charge in [-0.15, -0.1) is 0 Å². The Hall–Kier alpha value is -1.07. The van der Waals surface area contributed by atoms with Crippen molar-refractivity contribution in [1.29, 1.82) is 0 Å². The Morgan fingerprint density at radius 1 is 1.45 bits per heavy atom. The van der Waals surface area contributed by atoms with Crippen LogP contribution in [0, 0.1) is 0 Å². The zero-order chi connectivity index (χ0) is 8.48. The monoisotopic (exact) mass is 168 g/mol. The van der Waals surface area contributed by atoms with Crippen LogP contribution in [0.4, 0.5) is 17.6 Å². The summed E-state index contributed by atoms with van der Waals surface area (Å²) in [7, 11) is 0. The van der Waals surface area contributed by atoms with Gasteiger partial charge in [-0.05, 0) is 0 Å². The molecule has 2 nitrogen and oxygen atoms in total. The summed E-state index contributed by atoms with van der Waals surface area (Å²) in [6.07, 6.45) is -3.24. The van der Waals surface area contributed by atoms with Gasteiger partial charge in [0.05, 0.1) is 11.8 Å². The molecule has 1 aromatic heterocycles. The average Bonchev–Trinajstić information content (AvgIpc) is 2.32. The molecule has 6 heteroatoms. The number of halogens is 4. The fraction of sp³-hybridized carbons (Fsp3) is 0.400. The standard InChI is InChI=1S/C5H4F4N2/c6-3-11-2-4(1-10-11)5(7,8)9/h1-2H,3H2. The normalized spacial score (nSPS) is 12.0. The molecule has 0 aliphatic heterocycles. The first kappa shape index (κ1) is 8.03. The van der Waals surface area contributed by atoms with E-state index in [2.05, 4.69) is 5.10 Å². The van der Waals surface area contributed by atoms with Gasteiger partial charge in [-0.2, -0.15) is 18.3 Å². The Labute approximate surface area is 59.4 Å². The highest BCUT2D eigenvalue weighted by Crippen LogP contribution is 2.28. The van der Waals surface area contributed by atoms with Crippen LogP contribution in [0.15, 0.2) is 12.4 Å². The molecular weight excluding hydrogens is 164 g/mol. The van der Waals surface area contributed by atoms with E-state index in [1.807, 2.05) is 0 Å². The fourth-order valence-electron chi connectivity index (χ4n) is 0.575. The number of rotatable bonds is 1. The van der Waals surface area contributed by atoms with E-state index >= 15 is 0 Å². The topological polar surface area (TPSA) is 17.8 Å². The van der Waals surface area contributed by atoms with Gasteiger partial charge in [0.1, 0.15) is 0 Å². The Morgan fingerprint density at radius 2 is 2.09 bits per heavy atom. The van der Waals surface area contributed by atoms with Crippen molar-refractivity contribution >= 4 is 0 Å². The predicted octanol–water partition coefficient (Wildman–Crippen LogP) is 1.83. The minimum absolute atomic E-state index is 0.572. The van der Waals surface area contributed by atoms with Gasteiger partial charge in [0, 0.05) is 6.20 Å². The van der Waals surface area contributed by atoms with Gasteiger partial charge in [-0.3, -0.25) is 0 Å². The molecule has 62 valence electrons. The molecule has 0 fully saturated rings. The third-order valence-corrected chi connectivity index (χ3v) is 1.08. The number of hydrogen-bond donors (Lipinski definition) is 0. The van der Waals surface area contributed by atoms with Crippen molar-refractivity contribution in [2.75, 3.05) is 0 Å². The molecule has 0 aliphatic rings. The Morgan fingerprint density at radius 3 is 2.36 bits per heavy atom. The van der Waals surface area contributed by atoms with Gasteiger partial charge in [0.25, 0.3) is 0 Å². The number of hydrogen-bond acceptors (Lipinski definition) is 1. The first-order chi connectivity index (χ1) is 5.04. The van der Waals surface area contributed by atoms with E-state index in [4.69, 9.17) is 0 Å². The lowest BCUT2D eigenvalue weighted by molar-refractivity contribution is -0.137. The lowest BCUT2D eigenvalue weighted by atomic mass is 10.4. The van der Waals surface area contributed by atoms with E-state index in [1.165, 1.54) is 0 Å². The molecule has 11 heavy (non-hydrogen) atoms. The van der Waals surface area contributed by atoms with Gasteiger partial charge in [0.15, 0.2) is 6.80 Å². The Kier molecular flexibility index (Phi) is 1.84. The van der Waals surface area contributed by atoms with E-state index in [-0.39, 0.29) is 0 Å². The molecule has 1 rings (SSSR count). The van der Waals surface area contributed by atoms with Crippen LogP contribution in [0.3, 0.4) is 0 Å². The zero-order valence-electron chi connectivity index (χ0n) is 5.27. The van der Waals surface area contributed by atoms with Crippen molar-refractivity contribution in [3.8, 4) is 0 Å². The molecule has 0 aromatic carbocycles. The summed E-state index contributed by atoms with van der Waals surface area (Å²) >= 11 is 0. The second-order valence-corrected chi connectivity index (χ2v) is 1.89. The highest BCUT2D eigenvalue weighted by molar-refractivity contribution is 5.07. The molecule has 0 atom stereocenters. The third-order valence-electron chi connectivity index (χ3n) is 1.08. The molecule has 0 unspecified atom stereocenters. The van der Waals surface area contributed by atoms with Crippen LogP contribution >= 0.6 is 0 Å². The third kappa shape index (κ3) is 1.69. The van der Waals surface area contributed by atoms with Crippen molar-refractivity contribution in [3.05, 3.63) is 18.0 Å². The second-order valence-electron chi connectivity index (χ2n) is 1.89. The van der Waals surface area contributed by atoms with Crippen molar-refractivity contribution in [2.45, 2.75) is 13.0 Å². The van der Waals surface area contributed by atoms with Crippen LogP contribution in [-0.4, -0.2) is 9.78 Å². The minimum Gasteiger partial charge on any atom is -0.241 e. The summed E-state index contributed by atoms with van der Waals surface area (Å²) < 4.78 is 47.5. The maximum atomic E-state index is 11.8. The van der Waals surface area contributed by atoms with Crippen LogP contribution in [-0.2, 0) is 13.0 Å². The molecule has 0 radical (unpaired) electrons. The number of aromatic nitrogens is 2. The maximum absolute atomic E-state index is 11.8. The van der Waals surface area contributed by atoms with Crippen LogP contribution < -0.4 is 0 Å². The first-order valence-corrected chi connectivity index (χ1v) is 2.69. The van der Waals surface area contributed by atoms with Crippen molar-refractivity contribution in [2.24, 2.45) is 0 Å². The number of alkyl halides is 4. The van der Waals surface area contributed by atoms with Crippen molar-refractivity contribution in [1.82, 2.24) is 9.78 Å². The number of nitrogens with zero attached hydrogens (tertiary/aromatic N) is 2. The highest BCUT2D eigenvalue weighted by atomic mass is 19.4. The summed E-state index contributed by atoms with van der Waals surface area (Å²) in [6.45, 7) is -1.05. The smallest absolute Gasteiger partial charge is 0.241 e. The van der Waals surface area contributed by atoms with Gasteiger partial charge in [0.2, 0.25) is 0 Å². The summed E-state index contributed by atoms with van der Waals surface area (Å²) in [5.74, 6) is 0. The van der Waals surface area contributed by atoms with E-state index in [9.17, 15) is 17.6 Å². The second kappa shape index (κ2) is 2.52. The highest BCUT2D eigenvalue weighted by Gasteiger charge is 2.31. The molecule has 1 aromatic rings. The minimum atomic E-state index is -4.44. The Balaban J connectivity index is 2.89. The van der Waals surface area contributed by atoms with Gasteiger partial charge in [-0.25, -0.2) is 9.07 Å². The predicted molar refractivity (Wildman–Crippen MR) is 28.3 cm³/mol. The molecule has 0 N–H and O–H groups in total. The van der Waals surface area contributed by atoms with E-state index in [0.717, 1.165) is 0 Å². The summed E-state index contributed by atoms with van der Waals surface area (Å²) in [4.78, 5) is 0. The van der Waals surface area contributed by atoms with Crippen LogP contribution in [0.2, 0.25) is 0 Å². The SMILES string of the molecule is FCn1cc(C(F)(F)F)cn1. The van der Waals surface area contributed by atoms with Crippen LogP contribution in [0.25, 0.3) is 0 Å². The summed E-state index contributed by atoms with van der Waals surface area (Å²) in [5.41, 5.74) is -0.935. The zero-order valence-corrected chi connectivity index (χ0v) is 5.27. The molecule has 0 aliphatic carbocycles. The van der Waals surface area contributed by atoms with Crippen LogP contribution in [0.5, 0.6) is 0 Å². The molecular formula is C5H4F4N2. The maximum Gasteiger partial charge on any atom is 0.419 e.